The smallest absolute Gasteiger partial charge is 0.0835 e. The highest BCUT2D eigenvalue weighted by Crippen LogP contribution is 2.30. The first kappa shape index (κ1) is 13.0. The molecule has 0 saturated carbocycles. The number of hydrogen-bond acceptors (Lipinski definition) is 0. The molecule has 0 nitrogen and oxygen atoms in total. The Morgan fingerprint density at radius 2 is 0.950 bits per heavy atom. The highest BCUT2D eigenvalue weighted by Gasteiger charge is 2.10. The van der Waals surface area contributed by atoms with Crippen LogP contribution in [0, 0.1) is 0 Å². The highest BCUT2D eigenvalue weighted by atomic mass is 35.5. The fourth-order valence-electron chi connectivity index (χ4n) is 2.29. The summed E-state index contributed by atoms with van der Waals surface area (Å²) in [6, 6.07) is 29.0. The molecule has 0 heterocycles. The van der Waals surface area contributed by atoms with Crippen LogP contribution in [0.5, 0.6) is 0 Å². The molecule has 98 valence electrons. The molecule has 0 aliphatic rings. The Morgan fingerprint density at radius 3 is 1.55 bits per heavy atom. The second kappa shape index (κ2) is 5.94. The van der Waals surface area contributed by atoms with Crippen molar-refractivity contribution < 1.29 is 0 Å². The van der Waals surface area contributed by atoms with Crippen molar-refractivity contribution in [2.75, 3.05) is 0 Å². The lowest BCUT2D eigenvalue weighted by atomic mass is 10.00. The van der Waals surface area contributed by atoms with Crippen molar-refractivity contribution in [3.8, 4) is 11.1 Å². The van der Waals surface area contributed by atoms with E-state index in [0.29, 0.717) is 0 Å². The van der Waals surface area contributed by atoms with Crippen LogP contribution in [0.15, 0.2) is 84.9 Å². The zero-order valence-electron chi connectivity index (χ0n) is 11.0. The average molecular weight is 279 g/mol. The molecule has 0 radical (unpaired) electrons. The predicted molar refractivity (Wildman–Crippen MR) is 86.0 cm³/mol. The van der Waals surface area contributed by atoms with Crippen molar-refractivity contribution in [1.29, 1.82) is 0 Å². The molecule has 0 aliphatic carbocycles. The summed E-state index contributed by atoms with van der Waals surface area (Å²) >= 11 is 6.53. The van der Waals surface area contributed by atoms with Crippen LogP contribution >= 0.6 is 11.6 Å². The Hall–Kier alpha value is -2.05. The predicted octanol–water partition coefficient (Wildman–Crippen LogP) is 5.68. The summed E-state index contributed by atoms with van der Waals surface area (Å²) < 4.78 is 0. The van der Waals surface area contributed by atoms with Crippen molar-refractivity contribution >= 4 is 11.6 Å². The maximum Gasteiger partial charge on any atom is 0.0835 e. The summed E-state index contributed by atoms with van der Waals surface area (Å²) in [6.45, 7) is 0. The van der Waals surface area contributed by atoms with Crippen LogP contribution < -0.4 is 0 Å². The first-order valence-electron chi connectivity index (χ1n) is 6.69. The third-order valence-corrected chi connectivity index (χ3v) is 3.91. The minimum absolute atomic E-state index is 0.0963. The maximum atomic E-state index is 6.53. The number of benzene rings is 3. The Morgan fingerprint density at radius 1 is 0.500 bits per heavy atom. The van der Waals surface area contributed by atoms with Crippen LogP contribution in [-0.4, -0.2) is 0 Å². The summed E-state index contributed by atoms with van der Waals surface area (Å²) in [4.78, 5) is 0. The fraction of sp³-hybridized carbons (Fsp3) is 0.0526. The Bertz CT molecular complexity index is 657. The molecular formula is C19H15Cl. The molecule has 3 rings (SSSR count). The van der Waals surface area contributed by atoms with E-state index in [1.54, 1.807) is 0 Å². The molecule has 1 heteroatoms. The van der Waals surface area contributed by atoms with Gasteiger partial charge < -0.3 is 0 Å². The van der Waals surface area contributed by atoms with Gasteiger partial charge in [0.05, 0.1) is 5.38 Å². The second-order valence-electron chi connectivity index (χ2n) is 4.76. The van der Waals surface area contributed by atoms with E-state index in [1.807, 2.05) is 24.3 Å². The average Bonchev–Trinajstić information content (AvgIpc) is 2.56. The number of alkyl halides is 1. The topological polar surface area (TPSA) is 0 Å². The van der Waals surface area contributed by atoms with Gasteiger partial charge in [-0.2, -0.15) is 0 Å². The Kier molecular flexibility index (Phi) is 3.85. The van der Waals surface area contributed by atoms with Crippen LogP contribution in [0.1, 0.15) is 16.5 Å². The van der Waals surface area contributed by atoms with Crippen molar-refractivity contribution in [2.24, 2.45) is 0 Å². The lowest BCUT2D eigenvalue weighted by Crippen LogP contribution is -1.92. The molecule has 0 unspecified atom stereocenters. The Balaban J connectivity index is 1.87. The van der Waals surface area contributed by atoms with Crippen LogP contribution in [0.2, 0.25) is 0 Å². The normalized spacial score (nSPS) is 12.1. The molecule has 0 saturated heterocycles. The lowest BCUT2D eigenvalue weighted by Gasteiger charge is -2.11. The van der Waals surface area contributed by atoms with Gasteiger partial charge in [0.15, 0.2) is 0 Å². The maximum absolute atomic E-state index is 6.53. The van der Waals surface area contributed by atoms with Crippen LogP contribution in [-0.2, 0) is 0 Å². The molecule has 0 fully saturated rings. The summed E-state index contributed by atoms with van der Waals surface area (Å²) in [5, 5.41) is -0.0963. The minimum atomic E-state index is -0.0963. The largest absolute Gasteiger partial charge is 0.113 e. The van der Waals surface area contributed by atoms with Gasteiger partial charge in [0.2, 0.25) is 0 Å². The molecule has 0 bridgehead atoms. The van der Waals surface area contributed by atoms with E-state index < -0.39 is 0 Å². The SMILES string of the molecule is Cl[C@H](c1ccccc1)c1ccc(-c2ccccc2)cc1. The summed E-state index contributed by atoms with van der Waals surface area (Å²) in [5.74, 6) is 0. The molecule has 0 aliphatic heterocycles. The van der Waals surface area contributed by atoms with E-state index in [0.717, 1.165) is 11.1 Å². The van der Waals surface area contributed by atoms with Gasteiger partial charge in [-0.05, 0) is 22.3 Å². The van der Waals surface area contributed by atoms with Crippen molar-refractivity contribution in [3.05, 3.63) is 96.1 Å². The van der Waals surface area contributed by atoms with Gasteiger partial charge in [0.25, 0.3) is 0 Å². The third kappa shape index (κ3) is 2.76. The number of halogens is 1. The van der Waals surface area contributed by atoms with Gasteiger partial charge in [-0.25, -0.2) is 0 Å². The lowest BCUT2D eigenvalue weighted by molar-refractivity contribution is 1.14. The zero-order chi connectivity index (χ0) is 13.8. The molecule has 0 N–H and O–H groups in total. The van der Waals surface area contributed by atoms with Crippen LogP contribution in [0.25, 0.3) is 11.1 Å². The highest BCUT2D eigenvalue weighted by molar-refractivity contribution is 6.22. The molecule has 0 aromatic heterocycles. The summed E-state index contributed by atoms with van der Waals surface area (Å²) in [5.41, 5.74) is 4.69. The number of hydrogen-bond donors (Lipinski definition) is 0. The van der Waals surface area contributed by atoms with Crippen LogP contribution in [0.3, 0.4) is 0 Å². The summed E-state index contributed by atoms with van der Waals surface area (Å²) in [7, 11) is 0. The minimum Gasteiger partial charge on any atom is -0.113 e. The third-order valence-electron chi connectivity index (χ3n) is 3.40. The summed E-state index contributed by atoms with van der Waals surface area (Å²) in [6.07, 6.45) is 0. The van der Waals surface area contributed by atoms with Gasteiger partial charge in [0.1, 0.15) is 0 Å². The molecule has 1 atom stereocenters. The van der Waals surface area contributed by atoms with Gasteiger partial charge in [-0.1, -0.05) is 84.9 Å². The molecule has 3 aromatic carbocycles. The molecule has 3 aromatic rings. The van der Waals surface area contributed by atoms with Crippen molar-refractivity contribution in [3.63, 3.8) is 0 Å². The van der Waals surface area contributed by atoms with E-state index in [9.17, 15) is 0 Å². The first-order valence-corrected chi connectivity index (χ1v) is 7.12. The monoisotopic (exact) mass is 278 g/mol. The van der Waals surface area contributed by atoms with Gasteiger partial charge in [0, 0.05) is 0 Å². The van der Waals surface area contributed by atoms with E-state index in [1.165, 1.54) is 11.1 Å². The first-order chi connectivity index (χ1) is 9.84. The number of rotatable bonds is 3. The fourth-order valence-corrected chi connectivity index (χ4v) is 2.58. The molecular weight excluding hydrogens is 264 g/mol. The van der Waals surface area contributed by atoms with Gasteiger partial charge in [-0.3, -0.25) is 0 Å². The zero-order valence-corrected chi connectivity index (χ0v) is 11.8. The Labute approximate surface area is 124 Å². The van der Waals surface area contributed by atoms with Gasteiger partial charge >= 0.3 is 0 Å². The van der Waals surface area contributed by atoms with E-state index in [4.69, 9.17) is 11.6 Å². The standard InChI is InChI=1S/C19H15Cl/c20-19(17-9-5-2-6-10-17)18-13-11-16(12-14-18)15-7-3-1-4-8-15/h1-14,19H/t19-/m1/s1. The van der Waals surface area contributed by atoms with Crippen LogP contribution in [0.4, 0.5) is 0 Å². The van der Waals surface area contributed by atoms with E-state index >= 15 is 0 Å². The van der Waals surface area contributed by atoms with E-state index in [2.05, 4.69) is 60.7 Å². The van der Waals surface area contributed by atoms with Crippen molar-refractivity contribution in [1.82, 2.24) is 0 Å². The van der Waals surface area contributed by atoms with E-state index in [-0.39, 0.29) is 5.38 Å². The quantitative estimate of drug-likeness (QED) is 0.541. The van der Waals surface area contributed by atoms with Gasteiger partial charge in [-0.15, -0.1) is 11.6 Å². The second-order valence-corrected chi connectivity index (χ2v) is 5.20. The molecule has 0 amide bonds. The van der Waals surface area contributed by atoms with Crippen molar-refractivity contribution in [2.45, 2.75) is 5.38 Å². The molecule has 20 heavy (non-hydrogen) atoms. The molecule has 0 spiro atoms.